The monoisotopic (exact) mass is 301 g/mol. The lowest BCUT2D eigenvalue weighted by molar-refractivity contribution is -0.147. The third-order valence-corrected chi connectivity index (χ3v) is 5.38. The molecule has 2 aliphatic rings. The van der Waals surface area contributed by atoms with Gasteiger partial charge in [-0.2, -0.15) is 0 Å². The Hall–Kier alpha value is -2.18. The van der Waals surface area contributed by atoms with Crippen molar-refractivity contribution in [1.29, 1.82) is 0 Å². The molecule has 0 spiro atoms. The van der Waals surface area contributed by atoms with Crippen molar-refractivity contribution in [2.45, 2.75) is 31.7 Å². The number of carbonyl (C=O) groups is 1. The third kappa shape index (κ3) is 1.81. The molecular formula is C15H19N5O2. The van der Waals surface area contributed by atoms with Gasteiger partial charge in [0.15, 0.2) is 11.5 Å². The highest BCUT2D eigenvalue weighted by molar-refractivity contribution is 5.81. The maximum Gasteiger partial charge on any atom is 0.309 e. The minimum Gasteiger partial charge on any atom is -0.469 e. The Bertz CT molecular complexity index is 728. The molecule has 4 atom stereocenters. The molecule has 2 aromatic heterocycles. The summed E-state index contributed by atoms with van der Waals surface area (Å²) >= 11 is 0. The number of nitrogens with zero attached hydrogens (tertiary/aromatic N) is 4. The average molecular weight is 301 g/mol. The average Bonchev–Trinajstić information content (AvgIpc) is 3.20. The lowest BCUT2D eigenvalue weighted by Gasteiger charge is -2.25. The molecule has 0 aromatic carbocycles. The molecule has 0 saturated heterocycles. The van der Waals surface area contributed by atoms with Crippen LogP contribution in [0.5, 0.6) is 0 Å². The second-order valence-electron chi connectivity index (χ2n) is 6.27. The van der Waals surface area contributed by atoms with E-state index >= 15 is 0 Å². The van der Waals surface area contributed by atoms with Crippen molar-refractivity contribution in [1.82, 2.24) is 19.5 Å². The van der Waals surface area contributed by atoms with Gasteiger partial charge in [-0.15, -0.1) is 0 Å². The zero-order chi connectivity index (χ0) is 15.3. The standard InChI is InChI=1S/C15H19N5O2/c1-22-15(21)9-4-2-8-3-5-10(11(8)9)20-7-19-12-13(16)17-6-18-14(12)20/h6-11H,2-5H2,1H3,(H2,16,17,18)/t8-,9+,10-,11+/m0/s1. The summed E-state index contributed by atoms with van der Waals surface area (Å²) in [6, 6.07) is 0.232. The first-order chi connectivity index (χ1) is 10.7. The van der Waals surface area contributed by atoms with Gasteiger partial charge in [0.1, 0.15) is 11.8 Å². The Kier molecular flexibility index (Phi) is 3.02. The second kappa shape index (κ2) is 4.93. The smallest absolute Gasteiger partial charge is 0.309 e. The van der Waals surface area contributed by atoms with Gasteiger partial charge in [0.05, 0.1) is 19.4 Å². The number of imidazole rings is 1. The molecule has 7 heteroatoms. The fraction of sp³-hybridized carbons (Fsp3) is 0.600. The van der Waals surface area contributed by atoms with E-state index in [1.165, 1.54) is 13.4 Å². The van der Waals surface area contributed by atoms with Crippen molar-refractivity contribution in [2.75, 3.05) is 12.8 Å². The van der Waals surface area contributed by atoms with Gasteiger partial charge in [-0.3, -0.25) is 4.79 Å². The fourth-order valence-corrected chi connectivity index (χ4v) is 4.47. The van der Waals surface area contributed by atoms with Crippen LogP contribution in [0.3, 0.4) is 0 Å². The van der Waals surface area contributed by atoms with E-state index in [0.717, 1.165) is 31.3 Å². The number of aromatic nitrogens is 4. The lowest BCUT2D eigenvalue weighted by Crippen LogP contribution is -2.27. The number of nitrogen functional groups attached to an aromatic ring is 1. The van der Waals surface area contributed by atoms with Crippen LogP contribution in [-0.4, -0.2) is 32.6 Å². The molecule has 2 N–H and O–H groups in total. The van der Waals surface area contributed by atoms with E-state index in [1.807, 2.05) is 0 Å². The maximum absolute atomic E-state index is 12.1. The SMILES string of the molecule is COC(=O)[C@@H]1CC[C@H]2CC[C@H](n3cnc4c(N)ncnc43)[C@H]21. The van der Waals surface area contributed by atoms with E-state index in [9.17, 15) is 4.79 Å². The Labute approximate surface area is 127 Å². The van der Waals surface area contributed by atoms with Crippen LogP contribution in [-0.2, 0) is 9.53 Å². The van der Waals surface area contributed by atoms with E-state index in [-0.39, 0.29) is 17.9 Å². The molecule has 2 saturated carbocycles. The Morgan fingerprint density at radius 2 is 2.09 bits per heavy atom. The summed E-state index contributed by atoms with van der Waals surface area (Å²) in [6.45, 7) is 0. The van der Waals surface area contributed by atoms with Crippen LogP contribution in [0.1, 0.15) is 31.7 Å². The molecule has 0 bridgehead atoms. The van der Waals surface area contributed by atoms with Gasteiger partial charge < -0.3 is 15.0 Å². The van der Waals surface area contributed by atoms with E-state index in [0.29, 0.717) is 23.2 Å². The molecule has 2 aromatic rings. The number of nitrogens with two attached hydrogens (primary N) is 1. The van der Waals surface area contributed by atoms with Crippen molar-refractivity contribution in [3.8, 4) is 0 Å². The second-order valence-corrected chi connectivity index (χ2v) is 6.27. The molecular weight excluding hydrogens is 282 g/mol. The van der Waals surface area contributed by atoms with E-state index < -0.39 is 0 Å². The Morgan fingerprint density at radius 1 is 1.27 bits per heavy atom. The molecule has 2 heterocycles. The number of rotatable bonds is 2. The molecule has 2 fully saturated rings. The van der Waals surface area contributed by atoms with Crippen molar-refractivity contribution in [3.63, 3.8) is 0 Å². The van der Waals surface area contributed by atoms with E-state index in [4.69, 9.17) is 10.5 Å². The zero-order valence-corrected chi connectivity index (χ0v) is 12.5. The first-order valence-corrected chi connectivity index (χ1v) is 7.71. The van der Waals surface area contributed by atoms with Crippen molar-refractivity contribution in [2.24, 2.45) is 17.8 Å². The van der Waals surface area contributed by atoms with Crippen LogP contribution in [0.25, 0.3) is 11.2 Å². The molecule has 0 aliphatic heterocycles. The van der Waals surface area contributed by atoms with Gasteiger partial charge in [-0.05, 0) is 37.5 Å². The number of carbonyl (C=O) groups excluding carboxylic acids is 1. The van der Waals surface area contributed by atoms with Crippen LogP contribution in [0.2, 0.25) is 0 Å². The van der Waals surface area contributed by atoms with Crippen LogP contribution in [0.15, 0.2) is 12.7 Å². The topological polar surface area (TPSA) is 95.9 Å². The highest BCUT2D eigenvalue weighted by Gasteiger charge is 2.49. The van der Waals surface area contributed by atoms with Crippen LogP contribution in [0.4, 0.5) is 5.82 Å². The summed E-state index contributed by atoms with van der Waals surface area (Å²) in [5.74, 6) is 1.19. The quantitative estimate of drug-likeness (QED) is 0.846. The predicted molar refractivity (Wildman–Crippen MR) is 79.7 cm³/mol. The largest absolute Gasteiger partial charge is 0.469 e. The molecule has 2 aliphatic carbocycles. The van der Waals surface area contributed by atoms with Gasteiger partial charge in [-0.1, -0.05) is 0 Å². The van der Waals surface area contributed by atoms with Crippen LogP contribution < -0.4 is 5.73 Å². The van der Waals surface area contributed by atoms with E-state index in [1.54, 1.807) is 6.33 Å². The fourth-order valence-electron chi connectivity index (χ4n) is 4.47. The normalized spacial score (nSPS) is 30.6. The molecule has 116 valence electrons. The van der Waals surface area contributed by atoms with Gasteiger partial charge in [0.25, 0.3) is 0 Å². The summed E-state index contributed by atoms with van der Waals surface area (Å²) in [5.41, 5.74) is 7.27. The zero-order valence-electron chi connectivity index (χ0n) is 12.5. The predicted octanol–water partition coefficient (Wildman–Crippen LogP) is 1.56. The highest BCUT2D eigenvalue weighted by Crippen LogP contribution is 2.53. The summed E-state index contributed by atoms with van der Waals surface area (Å²) in [7, 11) is 1.47. The molecule has 22 heavy (non-hydrogen) atoms. The van der Waals surface area contributed by atoms with Gasteiger partial charge in [0.2, 0.25) is 0 Å². The number of esters is 1. The van der Waals surface area contributed by atoms with Crippen molar-refractivity contribution < 1.29 is 9.53 Å². The molecule has 0 radical (unpaired) electrons. The number of hydrogen-bond acceptors (Lipinski definition) is 6. The minimum atomic E-state index is -0.0852. The number of ether oxygens (including phenoxy) is 1. The lowest BCUT2D eigenvalue weighted by atomic mass is 9.89. The van der Waals surface area contributed by atoms with Gasteiger partial charge in [0, 0.05) is 6.04 Å². The molecule has 0 amide bonds. The van der Waals surface area contributed by atoms with Gasteiger partial charge >= 0.3 is 5.97 Å². The number of methoxy groups -OCH3 is 1. The van der Waals surface area contributed by atoms with E-state index in [2.05, 4.69) is 19.5 Å². The van der Waals surface area contributed by atoms with Crippen molar-refractivity contribution in [3.05, 3.63) is 12.7 Å². The summed E-state index contributed by atoms with van der Waals surface area (Å²) in [5, 5.41) is 0. The van der Waals surface area contributed by atoms with Gasteiger partial charge in [-0.25, -0.2) is 15.0 Å². The number of anilines is 1. The Balaban J connectivity index is 1.75. The highest BCUT2D eigenvalue weighted by atomic mass is 16.5. The third-order valence-electron chi connectivity index (χ3n) is 5.38. The molecule has 4 rings (SSSR count). The molecule has 0 unspecified atom stereocenters. The number of fused-ring (bicyclic) bond motifs is 2. The first kappa shape index (κ1) is 13.5. The summed E-state index contributed by atoms with van der Waals surface area (Å²) in [6.07, 6.45) is 7.46. The summed E-state index contributed by atoms with van der Waals surface area (Å²) < 4.78 is 7.09. The molecule has 7 nitrogen and oxygen atoms in total. The minimum absolute atomic E-state index is 0.0147. The Morgan fingerprint density at radius 3 is 2.91 bits per heavy atom. The van der Waals surface area contributed by atoms with Crippen LogP contribution in [0, 0.1) is 17.8 Å². The first-order valence-electron chi connectivity index (χ1n) is 7.71. The van der Waals surface area contributed by atoms with Crippen molar-refractivity contribution >= 4 is 23.0 Å². The number of hydrogen-bond donors (Lipinski definition) is 1. The summed E-state index contributed by atoms with van der Waals surface area (Å²) in [4.78, 5) is 24.8. The maximum atomic E-state index is 12.1. The van der Waals surface area contributed by atoms with Crippen LogP contribution >= 0.6 is 0 Å².